The summed E-state index contributed by atoms with van der Waals surface area (Å²) in [5.41, 5.74) is -0.00373. The zero-order chi connectivity index (χ0) is 14.7. The quantitative estimate of drug-likeness (QED) is 0.436. The van der Waals surface area contributed by atoms with Crippen LogP contribution >= 0.6 is 27.5 Å². The van der Waals surface area contributed by atoms with E-state index >= 15 is 0 Å². The number of benzene rings is 1. The fourth-order valence-electron chi connectivity index (χ4n) is 1.97. The lowest BCUT2D eigenvalue weighted by Crippen LogP contribution is -2.52. The maximum Gasteiger partial charge on any atom is 0.273 e. The zero-order valence-electron chi connectivity index (χ0n) is 10.9. The van der Waals surface area contributed by atoms with Crippen LogP contribution in [0, 0.1) is 10.1 Å². The number of nitro benzene ring substituents is 1. The molecule has 3 atom stereocenters. The van der Waals surface area contributed by atoms with E-state index in [1.54, 1.807) is 6.07 Å². The summed E-state index contributed by atoms with van der Waals surface area (Å²) in [5.74, 6) is 0.442. The van der Waals surface area contributed by atoms with E-state index in [0.717, 1.165) is 6.42 Å². The Balaban J connectivity index is 2.06. The molecule has 0 spiro atoms. The maximum atomic E-state index is 10.8. The van der Waals surface area contributed by atoms with E-state index in [0.29, 0.717) is 23.2 Å². The van der Waals surface area contributed by atoms with Crippen LogP contribution in [-0.2, 0) is 4.74 Å². The molecule has 0 N–H and O–H groups in total. The third-order valence-electron chi connectivity index (χ3n) is 3.10. The van der Waals surface area contributed by atoms with E-state index in [1.807, 2.05) is 6.92 Å². The molecule has 1 aromatic carbocycles. The Morgan fingerprint density at radius 2 is 2.30 bits per heavy atom. The van der Waals surface area contributed by atoms with Gasteiger partial charge >= 0.3 is 0 Å². The highest BCUT2D eigenvalue weighted by Gasteiger charge is 2.43. The van der Waals surface area contributed by atoms with Crippen molar-refractivity contribution in [2.24, 2.45) is 0 Å². The molecule has 0 saturated heterocycles. The van der Waals surface area contributed by atoms with Gasteiger partial charge in [-0.15, -0.1) is 11.6 Å². The average molecular weight is 365 g/mol. The summed E-state index contributed by atoms with van der Waals surface area (Å²) in [6.45, 7) is 2.65. The second kappa shape index (κ2) is 6.74. The molecule has 2 rings (SSSR count). The van der Waals surface area contributed by atoms with Crippen LogP contribution in [0.4, 0.5) is 5.69 Å². The van der Waals surface area contributed by atoms with Crippen molar-refractivity contribution in [1.29, 1.82) is 0 Å². The number of nitro groups is 1. The Morgan fingerprint density at radius 1 is 1.55 bits per heavy atom. The Morgan fingerprint density at radius 3 is 2.90 bits per heavy atom. The Hall–Kier alpha value is -0.850. The van der Waals surface area contributed by atoms with E-state index in [1.165, 1.54) is 12.1 Å². The van der Waals surface area contributed by atoms with Crippen molar-refractivity contribution in [3.63, 3.8) is 0 Å². The first-order valence-electron chi connectivity index (χ1n) is 6.39. The van der Waals surface area contributed by atoms with Crippen LogP contribution in [0.5, 0.6) is 5.75 Å². The van der Waals surface area contributed by atoms with Gasteiger partial charge in [0.05, 0.1) is 20.8 Å². The van der Waals surface area contributed by atoms with Crippen LogP contribution in [0.1, 0.15) is 19.8 Å². The third kappa shape index (κ3) is 3.42. The standard InChI is InChI=1S/C13H15BrClNO4/c1-2-5-19-13-10(15)7-12(13)20-11-6-8(16(17)18)3-4-9(11)14/h3-4,6,10,12-13H,2,5,7H2,1H3. The number of rotatable bonds is 6. The normalized spacial score (nSPS) is 25.1. The highest BCUT2D eigenvalue weighted by Crippen LogP contribution is 2.37. The lowest BCUT2D eigenvalue weighted by molar-refractivity contribution is -0.385. The van der Waals surface area contributed by atoms with Crippen molar-refractivity contribution in [3.8, 4) is 5.75 Å². The number of ether oxygens (including phenoxy) is 2. The molecule has 0 aliphatic heterocycles. The van der Waals surface area contributed by atoms with Gasteiger partial charge < -0.3 is 9.47 Å². The summed E-state index contributed by atoms with van der Waals surface area (Å²) in [6.07, 6.45) is 1.25. The fourth-order valence-corrected chi connectivity index (χ4v) is 2.72. The highest BCUT2D eigenvalue weighted by molar-refractivity contribution is 9.10. The van der Waals surface area contributed by atoms with Gasteiger partial charge in [0, 0.05) is 19.1 Å². The fraction of sp³-hybridized carbons (Fsp3) is 0.538. The van der Waals surface area contributed by atoms with Crippen LogP contribution in [0.3, 0.4) is 0 Å². The van der Waals surface area contributed by atoms with Gasteiger partial charge in [-0.1, -0.05) is 6.92 Å². The van der Waals surface area contributed by atoms with Gasteiger partial charge in [0.1, 0.15) is 18.0 Å². The van der Waals surface area contributed by atoms with Crippen LogP contribution in [0.15, 0.2) is 22.7 Å². The number of nitrogens with zero attached hydrogens (tertiary/aromatic N) is 1. The lowest BCUT2D eigenvalue weighted by atomic mass is 9.91. The number of hydrogen-bond acceptors (Lipinski definition) is 4. The second-order valence-corrected chi connectivity index (χ2v) is 6.03. The summed E-state index contributed by atoms with van der Waals surface area (Å²) < 4.78 is 12.1. The molecule has 1 aromatic rings. The van der Waals surface area contributed by atoms with E-state index in [2.05, 4.69) is 15.9 Å². The summed E-state index contributed by atoms with van der Waals surface area (Å²) >= 11 is 9.44. The molecule has 0 heterocycles. The van der Waals surface area contributed by atoms with Crippen molar-refractivity contribution >= 4 is 33.2 Å². The van der Waals surface area contributed by atoms with Gasteiger partial charge in [0.25, 0.3) is 5.69 Å². The molecule has 0 aromatic heterocycles. The molecular formula is C13H15BrClNO4. The van der Waals surface area contributed by atoms with Crippen LogP contribution in [-0.4, -0.2) is 29.1 Å². The van der Waals surface area contributed by atoms with E-state index < -0.39 is 4.92 Å². The summed E-state index contributed by atoms with van der Waals surface area (Å²) in [7, 11) is 0. The van der Waals surface area contributed by atoms with E-state index in [4.69, 9.17) is 21.1 Å². The molecule has 110 valence electrons. The Bertz CT molecular complexity index is 499. The molecular weight excluding hydrogens is 350 g/mol. The molecule has 3 unspecified atom stereocenters. The topological polar surface area (TPSA) is 61.6 Å². The number of alkyl halides is 1. The van der Waals surface area contributed by atoms with Gasteiger partial charge in [-0.25, -0.2) is 0 Å². The minimum absolute atomic E-state index is 0.00373. The average Bonchev–Trinajstić information content (AvgIpc) is 2.40. The van der Waals surface area contributed by atoms with Crippen molar-refractivity contribution in [2.45, 2.75) is 37.4 Å². The first kappa shape index (κ1) is 15.5. The number of hydrogen-bond donors (Lipinski definition) is 0. The molecule has 0 bridgehead atoms. The smallest absolute Gasteiger partial charge is 0.273 e. The maximum absolute atomic E-state index is 10.8. The monoisotopic (exact) mass is 363 g/mol. The molecule has 1 aliphatic carbocycles. The summed E-state index contributed by atoms with van der Waals surface area (Å²) in [5, 5.41) is 10.7. The minimum Gasteiger partial charge on any atom is -0.486 e. The molecule has 1 fully saturated rings. The summed E-state index contributed by atoms with van der Waals surface area (Å²) in [4.78, 5) is 10.3. The number of non-ortho nitro benzene ring substituents is 1. The zero-order valence-corrected chi connectivity index (χ0v) is 13.3. The third-order valence-corrected chi connectivity index (χ3v) is 4.18. The first-order chi connectivity index (χ1) is 9.52. The molecule has 0 amide bonds. The second-order valence-electron chi connectivity index (χ2n) is 4.62. The highest BCUT2D eigenvalue weighted by atomic mass is 79.9. The van der Waals surface area contributed by atoms with Crippen molar-refractivity contribution in [2.75, 3.05) is 6.61 Å². The largest absolute Gasteiger partial charge is 0.486 e. The van der Waals surface area contributed by atoms with Crippen LogP contribution in [0.25, 0.3) is 0 Å². The Kier molecular flexibility index (Phi) is 5.23. The first-order valence-corrected chi connectivity index (χ1v) is 7.62. The summed E-state index contributed by atoms with van der Waals surface area (Å²) in [6, 6.07) is 4.43. The van der Waals surface area contributed by atoms with E-state index in [9.17, 15) is 10.1 Å². The molecule has 7 heteroatoms. The molecule has 0 radical (unpaired) electrons. The van der Waals surface area contributed by atoms with Crippen molar-refractivity contribution in [3.05, 3.63) is 32.8 Å². The van der Waals surface area contributed by atoms with Crippen molar-refractivity contribution in [1.82, 2.24) is 0 Å². The van der Waals surface area contributed by atoms with Crippen LogP contribution in [0.2, 0.25) is 0 Å². The molecule has 20 heavy (non-hydrogen) atoms. The SMILES string of the molecule is CCCOC1C(Cl)CC1Oc1cc([N+](=O)[O-])ccc1Br. The Labute approximate surface area is 130 Å². The number of halogens is 2. The predicted molar refractivity (Wildman–Crippen MR) is 79.5 cm³/mol. The van der Waals surface area contributed by atoms with E-state index in [-0.39, 0.29) is 23.3 Å². The van der Waals surface area contributed by atoms with Gasteiger partial charge in [-0.2, -0.15) is 0 Å². The van der Waals surface area contributed by atoms with Gasteiger partial charge in [-0.3, -0.25) is 10.1 Å². The van der Waals surface area contributed by atoms with Gasteiger partial charge in [0.15, 0.2) is 0 Å². The van der Waals surface area contributed by atoms with Gasteiger partial charge in [0.2, 0.25) is 0 Å². The van der Waals surface area contributed by atoms with Gasteiger partial charge in [-0.05, 0) is 28.4 Å². The molecule has 1 aliphatic rings. The minimum atomic E-state index is -0.449. The van der Waals surface area contributed by atoms with Crippen molar-refractivity contribution < 1.29 is 14.4 Å². The lowest BCUT2D eigenvalue weighted by Gasteiger charge is -2.40. The predicted octanol–water partition coefficient (Wildman–Crippen LogP) is 3.91. The van der Waals surface area contributed by atoms with Crippen LogP contribution < -0.4 is 4.74 Å². The molecule has 5 nitrogen and oxygen atoms in total. The molecule has 1 saturated carbocycles.